The Morgan fingerprint density at radius 2 is 1.89 bits per heavy atom. The minimum atomic E-state index is 0.182. The lowest BCUT2D eigenvalue weighted by Crippen LogP contribution is -2.05. The van der Waals surface area contributed by atoms with Gasteiger partial charge in [0.25, 0.3) is 0 Å². The van der Waals surface area contributed by atoms with E-state index in [0.29, 0.717) is 6.54 Å². The van der Waals surface area contributed by atoms with Crippen molar-refractivity contribution in [3.8, 4) is 16.9 Å². The van der Waals surface area contributed by atoms with E-state index in [4.69, 9.17) is 10.5 Å². The molecule has 0 aliphatic rings. The number of aryl methyl sites for hydroxylation is 1. The molecule has 0 bridgehead atoms. The van der Waals surface area contributed by atoms with Gasteiger partial charge in [0.1, 0.15) is 5.75 Å². The van der Waals surface area contributed by atoms with Crippen LogP contribution in [0.1, 0.15) is 25.0 Å². The van der Waals surface area contributed by atoms with Crippen LogP contribution in [0.5, 0.6) is 5.75 Å². The molecule has 2 aromatic rings. The summed E-state index contributed by atoms with van der Waals surface area (Å²) < 4.78 is 5.75. The first kappa shape index (κ1) is 13.6. The molecule has 2 heteroatoms. The van der Waals surface area contributed by atoms with Gasteiger partial charge in [0.2, 0.25) is 0 Å². The van der Waals surface area contributed by atoms with Crippen LogP contribution in [0.2, 0.25) is 0 Å². The molecule has 2 N–H and O–H groups in total. The molecule has 100 valence electrons. The maximum absolute atomic E-state index is 5.83. The van der Waals surface area contributed by atoms with Crippen molar-refractivity contribution in [2.75, 3.05) is 0 Å². The van der Waals surface area contributed by atoms with Crippen LogP contribution in [0.15, 0.2) is 42.5 Å². The molecule has 0 radical (unpaired) electrons. The summed E-state index contributed by atoms with van der Waals surface area (Å²) in [6.07, 6.45) is 0.182. The predicted octanol–water partition coefficient (Wildman–Crippen LogP) is 3.91. The quantitative estimate of drug-likeness (QED) is 0.899. The van der Waals surface area contributed by atoms with E-state index in [0.717, 1.165) is 16.9 Å². The summed E-state index contributed by atoms with van der Waals surface area (Å²) in [4.78, 5) is 0. The van der Waals surface area contributed by atoms with Crippen LogP contribution >= 0.6 is 0 Å². The van der Waals surface area contributed by atoms with Gasteiger partial charge >= 0.3 is 0 Å². The first-order chi connectivity index (χ1) is 9.10. The van der Waals surface area contributed by atoms with Crippen LogP contribution in [0, 0.1) is 6.92 Å². The van der Waals surface area contributed by atoms with E-state index in [9.17, 15) is 0 Å². The molecule has 0 saturated heterocycles. The van der Waals surface area contributed by atoms with Gasteiger partial charge in [0, 0.05) is 6.54 Å². The summed E-state index contributed by atoms with van der Waals surface area (Å²) in [5, 5.41) is 0. The molecule has 0 spiro atoms. The van der Waals surface area contributed by atoms with Crippen LogP contribution in [0.3, 0.4) is 0 Å². The first-order valence-electron chi connectivity index (χ1n) is 6.67. The second kappa shape index (κ2) is 5.89. The fourth-order valence-electron chi connectivity index (χ4n) is 2.15. The lowest BCUT2D eigenvalue weighted by atomic mass is 9.97. The number of ether oxygens (including phenoxy) is 1. The Bertz CT molecular complexity index is 561. The average molecular weight is 255 g/mol. The Labute approximate surface area is 115 Å². The van der Waals surface area contributed by atoms with Gasteiger partial charge in [-0.3, -0.25) is 0 Å². The molecule has 0 fully saturated rings. The van der Waals surface area contributed by atoms with Crippen molar-refractivity contribution in [3.63, 3.8) is 0 Å². The van der Waals surface area contributed by atoms with Gasteiger partial charge in [-0.2, -0.15) is 0 Å². The number of hydrogen-bond donors (Lipinski definition) is 1. The number of rotatable bonds is 4. The fourth-order valence-corrected chi connectivity index (χ4v) is 2.15. The molecular formula is C17H21NO. The molecule has 0 unspecified atom stereocenters. The van der Waals surface area contributed by atoms with Crippen LogP contribution in [0.25, 0.3) is 11.1 Å². The number of nitrogens with two attached hydrogens (primary N) is 1. The second-order valence-corrected chi connectivity index (χ2v) is 5.06. The monoisotopic (exact) mass is 255 g/mol. The van der Waals surface area contributed by atoms with Gasteiger partial charge in [0.05, 0.1) is 6.10 Å². The molecular weight excluding hydrogens is 234 g/mol. The Kier molecular flexibility index (Phi) is 4.23. The van der Waals surface area contributed by atoms with E-state index in [1.165, 1.54) is 11.1 Å². The SMILES string of the molecule is Cc1ccc(CN)c(-c2cccc(OC(C)C)c2)c1. The molecule has 2 rings (SSSR count). The van der Waals surface area contributed by atoms with Gasteiger partial charge in [-0.25, -0.2) is 0 Å². The van der Waals surface area contributed by atoms with E-state index in [1.807, 2.05) is 26.0 Å². The minimum Gasteiger partial charge on any atom is -0.491 e. The maximum atomic E-state index is 5.83. The van der Waals surface area contributed by atoms with Crippen molar-refractivity contribution in [1.82, 2.24) is 0 Å². The van der Waals surface area contributed by atoms with Crippen molar-refractivity contribution in [2.24, 2.45) is 5.73 Å². The van der Waals surface area contributed by atoms with Crippen LogP contribution in [-0.2, 0) is 6.54 Å². The van der Waals surface area contributed by atoms with Gasteiger partial charge in [-0.15, -0.1) is 0 Å². The summed E-state index contributed by atoms with van der Waals surface area (Å²) in [5.74, 6) is 0.900. The Balaban J connectivity index is 2.43. The third kappa shape index (κ3) is 3.36. The summed E-state index contributed by atoms with van der Waals surface area (Å²) >= 11 is 0. The molecule has 2 aromatic carbocycles. The highest BCUT2D eigenvalue weighted by molar-refractivity contribution is 5.69. The van der Waals surface area contributed by atoms with Crippen LogP contribution in [0.4, 0.5) is 0 Å². The predicted molar refractivity (Wildman–Crippen MR) is 80.3 cm³/mol. The number of benzene rings is 2. The molecule has 0 saturated carbocycles. The van der Waals surface area contributed by atoms with Crippen molar-refractivity contribution in [2.45, 2.75) is 33.4 Å². The standard InChI is InChI=1S/C17H21NO/c1-12(2)19-16-6-4-5-14(10-16)17-9-13(3)7-8-15(17)11-18/h4-10,12H,11,18H2,1-3H3. The first-order valence-corrected chi connectivity index (χ1v) is 6.67. The molecule has 0 heterocycles. The molecule has 19 heavy (non-hydrogen) atoms. The van der Waals surface area contributed by atoms with E-state index >= 15 is 0 Å². The van der Waals surface area contributed by atoms with Crippen molar-refractivity contribution in [3.05, 3.63) is 53.6 Å². The fraction of sp³-hybridized carbons (Fsp3) is 0.294. The Morgan fingerprint density at radius 3 is 2.58 bits per heavy atom. The average Bonchev–Trinajstić information content (AvgIpc) is 2.38. The summed E-state index contributed by atoms with van der Waals surface area (Å²) in [7, 11) is 0. The van der Waals surface area contributed by atoms with Crippen LogP contribution < -0.4 is 10.5 Å². The van der Waals surface area contributed by atoms with E-state index < -0.39 is 0 Å². The summed E-state index contributed by atoms with van der Waals surface area (Å²) in [5.41, 5.74) is 10.6. The van der Waals surface area contributed by atoms with Gasteiger partial charge < -0.3 is 10.5 Å². The van der Waals surface area contributed by atoms with E-state index in [2.05, 4.69) is 37.3 Å². The highest BCUT2D eigenvalue weighted by atomic mass is 16.5. The summed E-state index contributed by atoms with van der Waals surface area (Å²) in [6, 6.07) is 14.6. The summed E-state index contributed by atoms with van der Waals surface area (Å²) in [6.45, 7) is 6.71. The normalized spacial score (nSPS) is 10.8. The van der Waals surface area contributed by atoms with Crippen molar-refractivity contribution >= 4 is 0 Å². The molecule has 0 aliphatic heterocycles. The highest BCUT2D eigenvalue weighted by Gasteiger charge is 2.06. The smallest absolute Gasteiger partial charge is 0.120 e. The Morgan fingerprint density at radius 1 is 1.11 bits per heavy atom. The van der Waals surface area contributed by atoms with E-state index in [1.54, 1.807) is 0 Å². The molecule has 2 nitrogen and oxygen atoms in total. The van der Waals surface area contributed by atoms with Gasteiger partial charge in [-0.05, 0) is 49.6 Å². The molecule has 0 aromatic heterocycles. The zero-order valence-electron chi connectivity index (χ0n) is 11.8. The van der Waals surface area contributed by atoms with Gasteiger partial charge in [-0.1, -0.05) is 35.9 Å². The Hall–Kier alpha value is -1.80. The lowest BCUT2D eigenvalue weighted by molar-refractivity contribution is 0.242. The second-order valence-electron chi connectivity index (χ2n) is 5.06. The van der Waals surface area contributed by atoms with E-state index in [-0.39, 0.29) is 6.10 Å². The van der Waals surface area contributed by atoms with Crippen molar-refractivity contribution in [1.29, 1.82) is 0 Å². The highest BCUT2D eigenvalue weighted by Crippen LogP contribution is 2.28. The molecule has 0 amide bonds. The topological polar surface area (TPSA) is 35.2 Å². The van der Waals surface area contributed by atoms with Crippen molar-refractivity contribution < 1.29 is 4.74 Å². The van der Waals surface area contributed by atoms with Crippen LogP contribution in [-0.4, -0.2) is 6.10 Å². The largest absolute Gasteiger partial charge is 0.491 e. The lowest BCUT2D eigenvalue weighted by Gasteiger charge is -2.13. The third-order valence-corrected chi connectivity index (χ3v) is 3.00. The molecule has 0 atom stereocenters. The maximum Gasteiger partial charge on any atom is 0.120 e. The van der Waals surface area contributed by atoms with Gasteiger partial charge in [0.15, 0.2) is 0 Å². The minimum absolute atomic E-state index is 0.182. The third-order valence-electron chi connectivity index (χ3n) is 3.00. The zero-order valence-corrected chi connectivity index (χ0v) is 11.8. The zero-order chi connectivity index (χ0) is 13.8. The molecule has 0 aliphatic carbocycles. The number of hydrogen-bond acceptors (Lipinski definition) is 2.